The highest BCUT2D eigenvalue weighted by atomic mass is 32.2. The molecule has 3 aliphatic rings. The average Bonchev–Trinajstić information content (AvgIpc) is 3.56. The van der Waals surface area contributed by atoms with E-state index < -0.39 is 10.0 Å². The third-order valence-electron chi connectivity index (χ3n) is 11.4. The fraction of sp³-hybridized carbons (Fsp3) is 0.415. The first-order valence-corrected chi connectivity index (χ1v) is 19.0. The molecule has 0 radical (unpaired) electrons. The van der Waals surface area contributed by atoms with E-state index in [0.29, 0.717) is 23.5 Å². The Labute approximate surface area is 296 Å². The number of para-hydroxylation sites is 1. The molecule has 1 aliphatic carbocycles. The normalized spacial score (nSPS) is 18.9. The fourth-order valence-corrected chi connectivity index (χ4v) is 9.84. The first-order valence-electron chi connectivity index (χ1n) is 17.6. The zero-order valence-electron chi connectivity index (χ0n) is 30.4. The number of hydrogen-bond acceptors (Lipinski definition) is 6. The van der Waals surface area contributed by atoms with Crippen LogP contribution in [-0.2, 0) is 16.4 Å². The lowest BCUT2D eigenvalue weighted by molar-refractivity contribution is 0.0697. The highest BCUT2D eigenvalue weighted by Gasteiger charge is 2.38. The summed E-state index contributed by atoms with van der Waals surface area (Å²) in [5.41, 5.74) is 10.1. The van der Waals surface area contributed by atoms with Gasteiger partial charge in [-0.25, -0.2) is 13.4 Å². The number of pyridine rings is 1. The third-order valence-corrected chi connectivity index (χ3v) is 13.6. The average molecular weight is 694 g/mol. The van der Waals surface area contributed by atoms with Crippen LogP contribution in [-0.4, -0.2) is 61.5 Å². The van der Waals surface area contributed by atoms with Crippen molar-refractivity contribution >= 4 is 38.5 Å². The van der Waals surface area contributed by atoms with Gasteiger partial charge in [0.2, 0.25) is 16.8 Å². The Morgan fingerprint density at radius 3 is 2.16 bits per heavy atom. The van der Waals surface area contributed by atoms with Gasteiger partial charge in [-0.05, 0) is 128 Å². The van der Waals surface area contributed by atoms with Gasteiger partial charge in [0.25, 0.3) is 5.91 Å². The molecule has 0 bridgehead atoms. The van der Waals surface area contributed by atoms with Crippen molar-refractivity contribution in [3.8, 4) is 11.5 Å². The number of piperazine rings is 1. The molecule has 3 aromatic carbocycles. The van der Waals surface area contributed by atoms with Crippen molar-refractivity contribution in [1.29, 1.82) is 0 Å². The highest BCUT2D eigenvalue weighted by Crippen LogP contribution is 2.45. The standard InChI is InChI=1S/C41H47N3O5S/c1-24-25(2)27(4)39(28(5)26(24)3)50(46,47)44-17-15-43(16-18-44)40(45)37-32-11-9-10-12-34(32)42-38-30(21-31(22-33(37)38)41(6,7)8)19-29-13-14-35-36(20-29)49-23-48-35/h9-14,19-20,31H,15-18,21-23H2,1-8H3/b30-19-. The van der Waals surface area contributed by atoms with Gasteiger partial charge in [0.15, 0.2) is 11.5 Å². The second-order valence-electron chi connectivity index (χ2n) is 15.2. The number of aromatic nitrogens is 1. The number of ether oxygens (including phenoxy) is 2. The zero-order chi connectivity index (χ0) is 35.7. The maximum atomic E-state index is 14.8. The molecule has 0 saturated carbocycles. The number of fused-ring (bicyclic) bond motifs is 3. The van der Waals surface area contributed by atoms with Crippen molar-refractivity contribution in [2.45, 2.75) is 73.1 Å². The van der Waals surface area contributed by atoms with Gasteiger partial charge < -0.3 is 14.4 Å². The van der Waals surface area contributed by atoms with E-state index in [9.17, 15) is 13.2 Å². The van der Waals surface area contributed by atoms with Crippen LogP contribution in [0.3, 0.4) is 0 Å². The Hall–Kier alpha value is -4.21. The maximum Gasteiger partial charge on any atom is 0.254 e. The second kappa shape index (κ2) is 12.5. The zero-order valence-corrected chi connectivity index (χ0v) is 31.3. The molecule has 1 saturated heterocycles. The van der Waals surface area contributed by atoms with Crippen LogP contribution in [0.25, 0.3) is 22.6 Å². The molecule has 1 aromatic heterocycles. The molecule has 0 N–H and O–H groups in total. The first-order chi connectivity index (χ1) is 23.7. The minimum atomic E-state index is -3.75. The number of sulfonamides is 1. The molecular weight excluding hydrogens is 647 g/mol. The molecule has 50 heavy (non-hydrogen) atoms. The Morgan fingerprint density at radius 2 is 1.48 bits per heavy atom. The van der Waals surface area contributed by atoms with Crippen molar-refractivity contribution < 1.29 is 22.7 Å². The third kappa shape index (κ3) is 5.78. The van der Waals surface area contributed by atoms with E-state index in [1.165, 1.54) is 0 Å². The summed E-state index contributed by atoms with van der Waals surface area (Å²) in [5.74, 6) is 1.68. The van der Waals surface area contributed by atoms with Crippen molar-refractivity contribution in [3.05, 3.63) is 92.7 Å². The monoisotopic (exact) mass is 693 g/mol. The Kier molecular flexibility index (Phi) is 8.58. The molecule has 3 heterocycles. The lowest BCUT2D eigenvalue weighted by atomic mass is 9.68. The van der Waals surface area contributed by atoms with Crippen molar-refractivity contribution in [3.63, 3.8) is 0 Å². The maximum absolute atomic E-state index is 14.8. The molecule has 9 heteroatoms. The Balaban J connectivity index is 1.26. The van der Waals surface area contributed by atoms with Gasteiger partial charge >= 0.3 is 0 Å². The predicted octanol–water partition coefficient (Wildman–Crippen LogP) is 7.80. The molecular formula is C41H47N3O5S. The summed E-state index contributed by atoms with van der Waals surface area (Å²) in [4.78, 5) is 22.2. The van der Waals surface area contributed by atoms with Gasteiger partial charge in [-0.1, -0.05) is 45.0 Å². The predicted molar refractivity (Wildman–Crippen MR) is 198 cm³/mol. The number of benzene rings is 3. The van der Waals surface area contributed by atoms with E-state index in [1.807, 2.05) is 82.0 Å². The Morgan fingerprint density at radius 1 is 0.840 bits per heavy atom. The number of amides is 1. The van der Waals surface area contributed by atoms with Gasteiger partial charge in [-0.15, -0.1) is 0 Å². The summed E-state index contributed by atoms with van der Waals surface area (Å²) in [6.07, 6.45) is 3.74. The summed E-state index contributed by atoms with van der Waals surface area (Å²) in [6.45, 7) is 17.9. The van der Waals surface area contributed by atoms with Crippen LogP contribution in [0.5, 0.6) is 11.5 Å². The van der Waals surface area contributed by atoms with E-state index in [2.05, 4.69) is 26.8 Å². The van der Waals surface area contributed by atoms with Gasteiger partial charge in [0.1, 0.15) is 0 Å². The minimum absolute atomic E-state index is 0.0133. The SMILES string of the molecule is Cc1c(C)c(C)c(S(=O)(=O)N2CCN(C(=O)c3c4c(nc5ccccc35)/C(=C\c3ccc5c(c3)OCO5)CC(C(C)(C)C)C4)CC2)c(C)c1C. The largest absolute Gasteiger partial charge is 0.454 e. The summed E-state index contributed by atoms with van der Waals surface area (Å²) >= 11 is 0. The van der Waals surface area contributed by atoms with E-state index in [4.69, 9.17) is 14.5 Å². The van der Waals surface area contributed by atoms with E-state index in [0.717, 1.165) is 85.5 Å². The molecule has 1 fully saturated rings. The van der Waals surface area contributed by atoms with Crippen LogP contribution in [0.4, 0.5) is 0 Å². The van der Waals surface area contributed by atoms with Crippen LogP contribution in [0.15, 0.2) is 47.4 Å². The number of nitrogens with zero attached hydrogens (tertiary/aromatic N) is 3. The van der Waals surface area contributed by atoms with Gasteiger partial charge in [-0.3, -0.25) is 4.79 Å². The number of allylic oxidation sites excluding steroid dienone is 1. The molecule has 262 valence electrons. The smallest absolute Gasteiger partial charge is 0.254 e. The summed E-state index contributed by atoms with van der Waals surface area (Å²) in [6, 6.07) is 13.9. The number of hydrogen-bond donors (Lipinski definition) is 0. The first kappa shape index (κ1) is 34.2. The summed E-state index contributed by atoms with van der Waals surface area (Å²) in [5, 5.41) is 0.833. The molecule has 7 rings (SSSR count). The molecule has 1 atom stereocenters. The summed E-state index contributed by atoms with van der Waals surface area (Å²) < 4.78 is 41.0. The van der Waals surface area contributed by atoms with Crippen LogP contribution < -0.4 is 9.47 Å². The van der Waals surface area contributed by atoms with Gasteiger partial charge in [0, 0.05) is 31.6 Å². The topological polar surface area (TPSA) is 89.0 Å². The summed E-state index contributed by atoms with van der Waals surface area (Å²) in [7, 11) is -3.75. The minimum Gasteiger partial charge on any atom is -0.454 e. The van der Waals surface area contributed by atoms with E-state index in [1.54, 1.807) is 4.31 Å². The Bertz CT molecular complexity index is 2160. The van der Waals surface area contributed by atoms with Crippen LogP contribution >= 0.6 is 0 Å². The molecule has 4 aromatic rings. The molecule has 8 nitrogen and oxygen atoms in total. The van der Waals surface area contributed by atoms with Crippen molar-refractivity contribution in [2.24, 2.45) is 11.3 Å². The van der Waals surface area contributed by atoms with E-state index in [-0.39, 0.29) is 37.1 Å². The van der Waals surface area contributed by atoms with Crippen molar-refractivity contribution in [2.75, 3.05) is 33.0 Å². The van der Waals surface area contributed by atoms with Crippen LogP contribution in [0.1, 0.15) is 82.2 Å². The van der Waals surface area contributed by atoms with E-state index >= 15 is 0 Å². The number of carbonyl (C=O) groups is 1. The second-order valence-corrected chi connectivity index (χ2v) is 17.1. The molecule has 1 unspecified atom stereocenters. The highest BCUT2D eigenvalue weighted by molar-refractivity contribution is 7.89. The van der Waals surface area contributed by atoms with Gasteiger partial charge in [0.05, 0.1) is 21.7 Å². The molecule has 2 aliphatic heterocycles. The van der Waals surface area contributed by atoms with Crippen molar-refractivity contribution in [1.82, 2.24) is 14.2 Å². The fourth-order valence-electron chi connectivity index (χ4n) is 7.86. The van der Waals surface area contributed by atoms with Crippen LogP contribution in [0, 0.1) is 46.0 Å². The molecule has 1 amide bonds. The van der Waals surface area contributed by atoms with Gasteiger partial charge in [-0.2, -0.15) is 4.31 Å². The number of carbonyl (C=O) groups excluding carboxylic acids is 1. The molecule has 0 spiro atoms. The number of rotatable bonds is 4. The lowest BCUT2D eigenvalue weighted by Crippen LogP contribution is -2.51. The van der Waals surface area contributed by atoms with Crippen LogP contribution in [0.2, 0.25) is 0 Å². The quantitative estimate of drug-likeness (QED) is 0.217. The lowest BCUT2D eigenvalue weighted by Gasteiger charge is -2.38.